The molecule has 0 N–H and O–H groups in total. The monoisotopic (exact) mass is 296 g/mol. The average molecular weight is 296 g/mol. The number of hydrogen-bond donors (Lipinski definition) is 0. The Morgan fingerprint density at radius 2 is 1.86 bits per heavy atom. The summed E-state index contributed by atoms with van der Waals surface area (Å²) in [5.74, 6) is 0.612. The molecule has 0 unspecified atom stereocenters. The van der Waals surface area contributed by atoms with E-state index in [1.165, 1.54) is 7.11 Å². The van der Waals surface area contributed by atoms with E-state index in [1.807, 2.05) is 30.3 Å². The van der Waals surface area contributed by atoms with Crippen LogP contribution in [0, 0.1) is 0 Å². The third-order valence-corrected chi connectivity index (χ3v) is 3.78. The van der Waals surface area contributed by atoms with E-state index in [9.17, 15) is 9.59 Å². The molecule has 0 radical (unpaired) electrons. The van der Waals surface area contributed by atoms with Crippen LogP contribution in [0.4, 0.5) is 0 Å². The normalized spacial score (nSPS) is 12.9. The van der Waals surface area contributed by atoms with E-state index in [0.717, 1.165) is 28.9 Å². The van der Waals surface area contributed by atoms with Crippen molar-refractivity contribution in [3.05, 3.63) is 64.7 Å². The molecule has 0 saturated heterocycles. The van der Waals surface area contributed by atoms with Crippen molar-refractivity contribution >= 4 is 11.8 Å². The number of carbonyl (C=O) groups is 2. The van der Waals surface area contributed by atoms with Crippen LogP contribution in [0.1, 0.15) is 38.3 Å². The molecule has 3 rings (SSSR count). The maximum absolute atomic E-state index is 11.6. The summed E-state index contributed by atoms with van der Waals surface area (Å²) in [5.41, 5.74) is 3.35. The molecule has 0 bridgehead atoms. The second-order valence-corrected chi connectivity index (χ2v) is 5.22. The number of Topliss-reactive ketones (excluding diaryl/α,β-unsaturated/α-hetero) is 1. The second kappa shape index (κ2) is 6.02. The molecule has 1 aliphatic rings. The number of benzene rings is 2. The molecule has 0 fully saturated rings. The number of rotatable bonds is 4. The average Bonchev–Trinajstić information content (AvgIpc) is 2.93. The highest BCUT2D eigenvalue weighted by Gasteiger charge is 2.19. The Bertz CT molecular complexity index is 716. The second-order valence-electron chi connectivity index (χ2n) is 5.22. The Hall–Kier alpha value is -2.62. The van der Waals surface area contributed by atoms with Crippen LogP contribution in [0.5, 0.6) is 5.75 Å². The van der Waals surface area contributed by atoms with Crippen molar-refractivity contribution in [3.8, 4) is 5.75 Å². The third-order valence-electron chi connectivity index (χ3n) is 3.78. The van der Waals surface area contributed by atoms with Crippen LogP contribution in [-0.2, 0) is 17.8 Å². The first-order chi connectivity index (χ1) is 10.7. The van der Waals surface area contributed by atoms with Crippen molar-refractivity contribution in [2.75, 3.05) is 7.11 Å². The molecule has 0 amide bonds. The first-order valence-corrected chi connectivity index (χ1v) is 7.13. The Labute approximate surface area is 128 Å². The van der Waals surface area contributed by atoms with Crippen LogP contribution in [-0.4, -0.2) is 18.9 Å². The smallest absolute Gasteiger partial charge is 0.337 e. The molecular weight excluding hydrogens is 280 g/mol. The van der Waals surface area contributed by atoms with Gasteiger partial charge in [0.25, 0.3) is 0 Å². The Kier molecular flexibility index (Phi) is 3.92. The zero-order chi connectivity index (χ0) is 15.5. The van der Waals surface area contributed by atoms with Crippen molar-refractivity contribution in [2.24, 2.45) is 0 Å². The molecule has 0 heterocycles. The lowest BCUT2D eigenvalue weighted by molar-refractivity contribution is 0.0600. The summed E-state index contributed by atoms with van der Waals surface area (Å²) in [5, 5.41) is 0. The Morgan fingerprint density at radius 3 is 2.59 bits per heavy atom. The molecule has 0 aliphatic heterocycles. The molecule has 2 aromatic rings. The number of aryl methyl sites for hydroxylation is 1. The van der Waals surface area contributed by atoms with Gasteiger partial charge in [-0.15, -0.1) is 0 Å². The number of fused-ring (bicyclic) bond motifs is 1. The SMILES string of the molecule is COC(=O)c1ccc(COc2ccc3c(c2)CCC3=O)cc1. The number of carbonyl (C=O) groups excluding carboxylic acids is 2. The van der Waals surface area contributed by atoms with Crippen molar-refractivity contribution in [2.45, 2.75) is 19.4 Å². The maximum Gasteiger partial charge on any atom is 0.337 e. The summed E-state index contributed by atoms with van der Waals surface area (Å²) in [6, 6.07) is 12.7. The summed E-state index contributed by atoms with van der Waals surface area (Å²) >= 11 is 0. The largest absolute Gasteiger partial charge is 0.489 e. The van der Waals surface area contributed by atoms with Crippen LogP contribution < -0.4 is 4.74 Å². The predicted octanol–water partition coefficient (Wildman–Crippen LogP) is 3.18. The minimum absolute atomic E-state index is 0.208. The summed E-state index contributed by atoms with van der Waals surface area (Å²) in [7, 11) is 1.36. The van der Waals surface area contributed by atoms with Gasteiger partial charge in [-0.2, -0.15) is 0 Å². The highest BCUT2D eigenvalue weighted by atomic mass is 16.5. The van der Waals surface area contributed by atoms with E-state index in [2.05, 4.69) is 4.74 Å². The molecule has 4 nitrogen and oxygen atoms in total. The third kappa shape index (κ3) is 2.86. The van der Waals surface area contributed by atoms with Gasteiger partial charge in [0.2, 0.25) is 0 Å². The minimum atomic E-state index is -0.351. The zero-order valence-corrected chi connectivity index (χ0v) is 12.3. The van der Waals surface area contributed by atoms with Gasteiger partial charge in [-0.05, 0) is 47.9 Å². The topological polar surface area (TPSA) is 52.6 Å². The standard InChI is InChI=1S/C18H16O4/c1-21-18(20)13-4-2-12(3-5-13)11-22-15-7-8-16-14(10-15)6-9-17(16)19/h2-5,7-8,10H,6,9,11H2,1H3. The van der Waals surface area contributed by atoms with E-state index in [4.69, 9.17) is 4.74 Å². The van der Waals surface area contributed by atoms with E-state index in [-0.39, 0.29) is 11.8 Å². The zero-order valence-electron chi connectivity index (χ0n) is 12.3. The summed E-state index contributed by atoms with van der Waals surface area (Å²) in [4.78, 5) is 22.9. The summed E-state index contributed by atoms with van der Waals surface area (Å²) < 4.78 is 10.4. The molecule has 112 valence electrons. The van der Waals surface area contributed by atoms with Gasteiger partial charge in [0.15, 0.2) is 5.78 Å². The predicted molar refractivity (Wildman–Crippen MR) is 81.2 cm³/mol. The first-order valence-electron chi connectivity index (χ1n) is 7.13. The van der Waals surface area contributed by atoms with Gasteiger partial charge in [0.05, 0.1) is 12.7 Å². The molecule has 0 aromatic heterocycles. The fraction of sp³-hybridized carbons (Fsp3) is 0.222. The van der Waals surface area contributed by atoms with Gasteiger partial charge in [-0.25, -0.2) is 4.79 Å². The van der Waals surface area contributed by atoms with Crippen molar-refractivity contribution in [3.63, 3.8) is 0 Å². The van der Waals surface area contributed by atoms with E-state index >= 15 is 0 Å². The summed E-state index contributed by atoms with van der Waals surface area (Å²) in [6.07, 6.45) is 1.38. The fourth-order valence-electron chi connectivity index (χ4n) is 2.54. The summed E-state index contributed by atoms with van der Waals surface area (Å²) in [6.45, 7) is 0.411. The number of hydrogen-bond acceptors (Lipinski definition) is 4. The van der Waals surface area contributed by atoms with Gasteiger partial charge < -0.3 is 9.47 Å². The minimum Gasteiger partial charge on any atom is -0.489 e. The fourth-order valence-corrected chi connectivity index (χ4v) is 2.54. The molecule has 0 spiro atoms. The van der Waals surface area contributed by atoms with Gasteiger partial charge >= 0.3 is 5.97 Å². The number of esters is 1. The van der Waals surface area contributed by atoms with Crippen molar-refractivity contribution in [1.29, 1.82) is 0 Å². The van der Waals surface area contributed by atoms with E-state index in [0.29, 0.717) is 18.6 Å². The van der Waals surface area contributed by atoms with Crippen LogP contribution in [0.25, 0.3) is 0 Å². The Morgan fingerprint density at radius 1 is 1.09 bits per heavy atom. The molecule has 1 aliphatic carbocycles. The Balaban J connectivity index is 1.65. The highest BCUT2D eigenvalue weighted by Crippen LogP contribution is 2.26. The highest BCUT2D eigenvalue weighted by molar-refractivity contribution is 6.00. The van der Waals surface area contributed by atoms with Crippen LogP contribution >= 0.6 is 0 Å². The molecule has 0 atom stereocenters. The van der Waals surface area contributed by atoms with Crippen molar-refractivity contribution < 1.29 is 19.1 Å². The van der Waals surface area contributed by atoms with Crippen molar-refractivity contribution in [1.82, 2.24) is 0 Å². The van der Waals surface area contributed by atoms with Gasteiger partial charge in [-0.1, -0.05) is 12.1 Å². The molecule has 2 aromatic carbocycles. The van der Waals surface area contributed by atoms with E-state index in [1.54, 1.807) is 12.1 Å². The van der Waals surface area contributed by atoms with Crippen LogP contribution in [0.15, 0.2) is 42.5 Å². The van der Waals surface area contributed by atoms with E-state index < -0.39 is 0 Å². The maximum atomic E-state index is 11.6. The number of ether oxygens (including phenoxy) is 2. The molecular formula is C18H16O4. The van der Waals surface area contributed by atoms with Gasteiger partial charge in [0.1, 0.15) is 12.4 Å². The number of methoxy groups -OCH3 is 1. The lowest BCUT2D eigenvalue weighted by Gasteiger charge is -2.08. The lowest BCUT2D eigenvalue weighted by Crippen LogP contribution is -2.02. The quantitative estimate of drug-likeness (QED) is 0.813. The van der Waals surface area contributed by atoms with Crippen LogP contribution in [0.3, 0.4) is 0 Å². The molecule has 4 heteroatoms. The first kappa shape index (κ1) is 14.3. The van der Waals surface area contributed by atoms with Gasteiger partial charge in [-0.3, -0.25) is 4.79 Å². The molecule has 0 saturated carbocycles. The molecule has 22 heavy (non-hydrogen) atoms. The van der Waals surface area contributed by atoms with Crippen LogP contribution in [0.2, 0.25) is 0 Å². The van der Waals surface area contributed by atoms with Gasteiger partial charge in [0, 0.05) is 12.0 Å². The number of ketones is 1. The lowest BCUT2D eigenvalue weighted by atomic mass is 10.1.